The van der Waals surface area contributed by atoms with E-state index in [9.17, 15) is 13.2 Å². The van der Waals surface area contributed by atoms with Crippen LogP contribution in [0.4, 0.5) is 13.2 Å². The summed E-state index contributed by atoms with van der Waals surface area (Å²) in [4.78, 5) is 0. The molecular formula is C11H11F3O. The molecule has 0 aliphatic heterocycles. The number of hydrogen-bond acceptors (Lipinski definition) is 1. The van der Waals surface area contributed by atoms with Crippen molar-refractivity contribution < 1.29 is 18.3 Å². The summed E-state index contributed by atoms with van der Waals surface area (Å²) < 4.78 is 38.3. The van der Waals surface area contributed by atoms with Gasteiger partial charge in [-0.2, -0.15) is 0 Å². The molecular weight excluding hydrogens is 205 g/mol. The third-order valence-corrected chi connectivity index (χ3v) is 1.81. The van der Waals surface area contributed by atoms with Crippen molar-refractivity contribution >= 4 is 6.08 Å². The lowest BCUT2D eigenvalue weighted by molar-refractivity contribution is 0.198. The van der Waals surface area contributed by atoms with E-state index < -0.39 is 23.6 Å². The van der Waals surface area contributed by atoms with Gasteiger partial charge in [-0.1, -0.05) is 12.2 Å². The van der Waals surface area contributed by atoms with Crippen molar-refractivity contribution in [3.63, 3.8) is 0 Å². The maximum atomic E-state index is 13.0. The van der Waals surface area contributed by atoms with E-state index in [2.05, 4.69) is 0 Å². The molecule has 1 atom stereocenters. The maximum absolute atomic E-state index is 13.0. The molecule has 15 heavy (non-hydrogen) atoms. The molecule has 0 saturated carbocycles. The van der Waals surface area contributed by atoms with Crippen LogP contribution in [0, 0.1) is 17.5 Å². The van der Waals surface area contributed by atoms with Gasteiger partial charge in [0.25, 0.3) is 0 Å². The third kappa shape index (κ3) is 3.40. The lowest BCUT2D eigenvalue weighted by Gasteiger charge is -2.00. The van der Waals surface area contributed by atoms with Gasteiger partial charge >= 0.3 is 0 Å². The molecule has 1 nitrogen and oxygen atoms in total. The zero-order chi connectivity index (χ0) is 11.4. The van der Waals surface area contributed by atoms with Crippen LogP contribution in [-0.4, -0.2) is 11.2 Å². The molecule has 4 heteroatoms. The molecule has 0 unspecified atom stereocenters. The summed E-state index contributed by atoms with van der Waals surface area (Å²) in [6.07, 6.45) is 2.60. The second-order valence-electron chi connectivity index (χ2n) is 3.27. The third-order valence-electron chi connectivity index (χ3n) is 1.81. The van der Waals surface area contributed by atoms with E-state index >= 15 is 0 Å². The van der Waals surface area contributed by atoms with Crippen molar-refractivity contribution in [2.75, 3.05) is 0 Å². The van der Waals surface area contributed by atoms with Crippen LogP contribution in [0.3, 0.4) is 0 Å². The zero-order valence-electron chi connectivity index (χ0n) is 8.17. The SMILES string of the molecule is C[C@@H](O)CC=Cc1cc(F)c(F)cc1F. The molecule has 0 spiro atoms. The molecule has 1 N–H and O–H groups in total. The van der Waals surface area contributed by atoms with Crippen molar-refractivity contribution in [3.8, 4) is 0 Å². The van der Waals surface area contributed by atoms with E-state index in [1.54, 1.807) is 6.92 Å². The summed E-state index contributed by atoms with van der Waals surface area (Å²) in [6.45, 7) is 1.58. The standard InChI is InChI=1S/C11H11F3O/c1-7(15)3-2-4-8-5-10(13)11(14)6-9(8)12/h2,4-7,15H,3H2,1H3/t7-/m1/s1. The number of halogens is 3. The van der Waals surface area contributed by atoms with Gasteiger partial charge < -0.3 is 5.11 Å². The number of benzene rings is 1. The average molecular weight is 216 g/mol. The first-order valence-electron chi connectivity index (χ1n) is 4.50. The van der Waals surface area contributed by atoms with Gasteiger partial charge in [-0.3, -0.25) is 0 Å². The Hall–Kier alpha value is -1.29. The summed E-state index contributed by atoms with van der Waals surface area (Å²) >= 11 is 0. The van der Waals surface area contributed by atoms with Gasteiger partial charge in [-0.15, -0.1) is 0 Å². The van der Waals surface area contributed by atoms with Crippen LogP contribution < -0.4 is 0 Å². The summed E-state index contributed by atoms with van der Waals surface area (Å²) in [6, 6.07) is 1.28. The van der Waals surface area contributed by atoms with E-state index in [4.69, 9.17) is 5.11 Å². The van der Waals surface area contributed by atoms with Crippen LogP contribution in [0.5, 0.6) is 0 Å². The second-order valence-corrected chi connectivity index (χ2v) is 3.27. The normalized spacial score (nSPS) is 13.4. The summed E-state index contributed by atoms with van der Waals surface area (Å²) in [5.74, 6) is -3.12. The Morgan fingerprint density at radius 2 is 1.80 bits per heavy atom. The monoisotopic (exact) mass is 216 g/mol. The van der Waals surface area contributed by atoms with Crippen molar-refractivity contribution in [3.05, 3.63) is 41.2 Å². The van der Waals surface area contributed by atoms with Gasteiger partial charge in [0.2, 0.25) is 0 Å². The molecule has 0 aliphatic carbocycles. The highest BCUT2D eigenvalue weighted by molar-refractivity contribution is 5.50. The van der Waals surface area contributed by atoms with Gasteiger partial charge in [0.1, 0.15) is 5.82 Å². The van der Waals surface area contributed by atoms with Crippen LogP contribution in [-0.2, 0) is 0 Å². The molecule has 82 valence electrons. The van der Waals surface area contributed by atoms with Crippen LogP contribution >= 0.6 is 0 Å². The van der Waals surface area contributed by atoms with Crippen molar-refractivity contribution in [2.45, 2.75) is 19.4 Å². The fraction of sp³-hybridized carbons (Fsp3) is 0.273. The molecule has 0 amide bonds. The summed E-state index contributed by atoms with van der Waals surface area (Å²) in [5.41, 5.74) is -0.0328. The lowest BCUT2D eigenvalue weighted by atomic mass is 10.1. The topological polar surface area (TPSA) is 20.2 Å². The molecule has 1 aromatic rings. The van der Waals surface area contributed by atoms with Crippen molar-refractivity contribution in [1.29, 1.82) is 0 Å². The molecule has 0 radical (unpaired) electrons. The van der Waals surface area contributed by atoms with Gasteiger partial charge in [-0.25, -0.2) is 13.2 Å². The van der Waals surface area contributed by atoms with Crippen LogP contribution in [0.15, 0.2) is 18.2 Å². The maximum Gasteiger partial charge on any atom is 0.161 e. The van der Waals surface area contributed by atoms with E-state index in [1.807, 2.05) is 0 Å². The quantitative estimate of drug-likeness (QED) is 0.770. The molecule has 0 aromatic heterocycles. The van der Waals surface area contributed by atoms with Gasteiger partial charge in [0.15, 0.2) is 11.6 Å². The van der Waals surface area contributed by atoms with Crippen LogP contribution in [0.1, 0.15) is 18.9 Å². The predicted octanol–water partition coefficient (Wildman–Crippen LogP) is 2.89. The highest BCUT2D eigenvalue weighted by Crippen LogP contribution is 2.15. The first-order chi connectivity index (χ1) is 7.00. The molecule has 0 fully saturated rings. The highest BCUT2D eigenvalue weighted by atomic mass is 19.2. The minimum atomic E-state index is -1.21. The second kappa shape index (κ2) is 4.98. The number of rotatable bonds is 3. The van der Waals surface area contributed by atoms with Crippen LogP contribution in [0.2, 0.25) is 0 Å². The Morgan fingerprint density at radius 3 is 2.40 bits per heavy atom. The minimum absolute atomic E-state index is 0.0328. The first kappa shape index (κ1) is 11.8. The predicted molar refractivity (Wildman–Crippen MR) is 51.6 cm³/mol. The Kier molecular flexibility index (Phi) is 3.91. The Balaban J connectivity index is 2.86. The molecule has 0 bridgehead atoms. The lowest BCUT2D eigenvalue weighted by Crippen LogP contribution is -1.95. The molecule has 1 aromatic carbocycles. The Labute approximate surface area is 85.9 Å². The number of aliphatic hydroxyl groups is 1. The number of hydrogen-bond donors (Lipinski definition) is 1. The van der Waals surface area contributed by atoms with Gasteiger partial charge in [0.05, 0.1) is 6.10 Å². The smallest absolute Gasteiger partial charge is 0.161 e. The average Bonchev–Trinajstić information content (AvgIpc) is 2.13. The van der Waals surface area contributed by atoms with Crippen molar-refractivity contribution in [2.24, 2.45) is 0 Å². The molecule has 0 heterocycles. The Morgan fingerprint density at radius 1 is 1.20 bits per heavy atom. The zero-order valence-corrected chi connectivity index (χ0v) is 8.17. The van der Waals surface area contributed by atoms with E-state index in [0.29, 0.717) is 12.5 Å². The molecule has 0 aliphatic rings. The van der Waals surface area contributed by atoms with E-state index in [1.165, 1.54) is 12.2 Å². The Bertz CT molecular complexity index is 372. The highest BCUT2D eigenvalue weighted by Gasteiger charge is 2.07. The minimum Gasteiger partial charge on any atom is -0.393 e. The number of aliphatic hydroxyl groups excluding tert-OH is 1. The van der Waals surface area contributed by atoms with E-state index in [0.717, 1.165) is 6.07 Å². The summed E-state index contributed by atoms with van der Waals surface area (Å²) in [5, 5.41) is 8.92. The van der Waals surface area contributed by atoms with Gasteiger partial charge in [0, 0.05) is 11.6 Å². The van der Waals surface area contributed by atoms with Crippen LogP contribution in [0.25, 0.3) is 6.08 Å². The summed E-state index contributed by atoms with van der Waals surface area (Å²) in [7, 11) is 0. The fourth-order valence-corrected chi connectivity index (χ4v) is 1.06. The van der Waals surface area contributed by atoms with E-state index in [-0.39, 0.29) is 5.56 Å². The fourth-order valence-electron chi connectivity index (χ4n) is 1.06. The first-order valence-corrected chi connectivity index (χ1v) is 4.50. The molecule has 0 saturated heterocycles. The molecule has 1 rings (SSSR count). The van der Waals surface area contributed by atoms with Crippen molar-refractivity contribution in [1.82, 2.24) is 0 Å². The van der Waals surface area contributed by atoms with Gasteiger partial charge in [-0.05, 0) is 19.4 Å². The largest absolute Gasteiger partial charge is 0.393 e.